The zero-order chi connectivity index (χ0) is 23.4. The number of piperazine rings is 1. The van der Waals surface area contributed by atoms with Gasteiger partial charge in [-0.2, -0.15) is 9.29 Å². The molecule has 4 rings (SSSR count). The minimum atomic E-state index is -3.59. The molecule has 0 spiro atoms. The monoisotopic (exact) mass is 489 g/mol. The van der Waals surface area contributed by atoms with Crippen molar-refractivity contribution < 1.29 is 17.9 Å². The van der Waals surface area contributed by atoms with Crippen LogP contribution in [0.15, 0.2) is 59.5 Å². The van der Waals surface area contributed by atoms with E-state index in [4.69, 9.17) is 21.1 Å². The molecule has 0 amide bonds. The lowest BCUT2D eigenvalue weighted by Crippen LogP contribution is -2.49. The van der Waals surface area contributed by atoms with Gasteiger partial charge in [0.25, 0.3) is 0 Å². The van der Waals surface area contributed by atoms with Gasteiger partial charge in [0.2, 0.25) is 16.0 Å². The van der Waals surface area contributed by atoms with Crippen LogP contribution in [0.2, 0.25) is 5.15 Å². The molecule has 33 heavy (non-hydrogen) atoms. The van der Waals surface area contributed by atoms with Crippen LogP contribution in [0, 0.1) is 0 Å². The molecule has 0 aliphatic carbocycles. The smallest absolute Gasteiger partial charge is 0.243 e. The van der Waals surface area contributed by atoms with Gasteiger partial charge in [0.1, 0.15) is 22.5 Å². The summed E-state index contributed by atoms with van der Waals surface area (Å²) in [5.74, 6) is 2.35. The Morgan fingerprint density at radius 2 is 1.45 bits per heavy atom. The number of nitrogens with one attached hydrogen (secondary N) is 1. The average molecular weight is 490 g/mol. The highest BCUT2D eigenvalue weighted by Crippen LogP contribution is 2.25. The Labute approximate surface area is 198 Å². The summed E-state index contributed by atoms with van der Waals surface area (Å²) < 4.78 is 37.7. The summed E-state index contributed by atoms with van der Waals surface area (Å²) in [5, 5.41) is 3.43. The maximum atomic E-state index is 13.0. The van der Waals surface area contributed by atoms with Crippen molar-refractivity contribution in [2.45, 2.75) is 4.90 Å². The van der Waals surface area contributed by atoms with Crippen LogP contribution in [0.3, 0.4) is 0 Å². The quantitative estimate of drug-likeness (QED) is 0.504. The van der Waals surface area contributed by atoms with Crippen LogP contribution in [0.5, 0.6) is 11.5 Å². The second kappa shape index (κ2) is 9.82. The molecule has 2 aromatic carbocycles. The molecule has 1 saturated heterocycles. The predicted octanol–water partition coefficient (Wildman–Crippen LogP) is 3.40. The summed E-state index contributed by atoms with van der Waals surface area (Å²) in [6, 6.07) is 15.4. The summed E-state index contributed by atoms with van der Waals surface area (Å²) in [4.78, 5) is 11.0. The van der Waals surface area contributed by atoms with Gasteiger partial charge >= 0.3 is 0 Å². The molecule has 0 saturated carbocycles. The Bertz CT molecular complexity index is 1200. The number of hydrogen-bond acceptors (Lipinski definition) is 8. The third kappa shape index (κ3) is 5.29. The molecule has 2 heterocycles. The van der Waals surface area contributed by atoms with Gasteiger partial charge in [-0.05, 0) is 48.5 Å². The van der Waals surface area contributed by atoms with Crippen LogP contribution in [-0.4, -0.2) is 63.1 Å². The van der Waals surface area contributed by atoms with Crippen molar-refractivity contribution in [3.8, 4) is 11.5 Å². The largest absolute Gasteiger partial charge is 0.497 e. The first-order chi connectivity index (χ1) is 15.9. The van der Waals surface area contributed by atoms with Crippen molar-refractivity contribution in [3.63, 3.8) is 0 Å². The average Bonchev–Trinajstić information content (AvgIpc) is 2.84. The molecule has 0 radical (unpaired) electrons. The molecule has 9 nitrogen and oxygen atoms in total. The molecule has 3 aromatic rings. The fourth-order valence-electron chi connectivity index (χ4n) is 3.48. The lowest BCUT2D eigenvalue weighted by atomic mass is 10.3. The first kappa shape index (κ1) is 23.1. The van der Waals surface area contributed by atoms with E-state index in [-0.39, 0.29) is 4.90 Å². The van der Waals surface area contributed by atoms with E-state index in [0.717, 1.165) is 11.4 Å². The standard InChI is InChI=1S/C22H24ClN5O4S/c1-31-17-5-3-16(4-6-17)24-22-25-20(23)15-21(26-22)27-11-13-28(14-12-27)33(29,30)19-9-7-18(32-2)8-10-19/h3-10,15H,11-14H2,1-2H3,(H,24,25,26). The maximum Gasteiger partial charge on any atom is 0.243 e. The van der Waals surface area contributed by atoms with Crippen LogP contribution in [0.1, 0.15) is 0 Å². The van der Waals surface area contributed by atoms with Gasteiger partial charge in [0, 0.05) is 37.9 Å². The van der Waals surface area contributed by atoms with Crippen molar-refractivity contribution >= 4 is 39.1 Å². The normalized spacial score (nSPS) is 14.7. The van der Waals surface area contributed by atoms with Crippen LogP contribution in [0.25, 0.3) is 0 Å². The van der Waals surface area contributed by atoms with E-state index in [2.05, 4.69) is 15.3 Å². The predicted molar refractivity (Wildman–Crippen MR) is 127 cm³/mol. The Balaban J connectivity index is 1.44. The number of nitrogens with zero attached hydrogens (tertiary/aromatic N) is 4. The summed E-state index contributed by atoms with van der Waals surface area (Å²) >= 11 is 6.23. The lowest BCUT2D eigenvalue weighted by Gasteiger charge is -2.34. The molecule has 0 bridgehead atoms. The van der Waals surface area contributed by atoms with Gasteiger partial charge in [0.05, 0.1) is 19.1 Å². The molecule has 1 fully saturated rings. The second-order valence-corrected chi connectivity index (χ2v) is 9.62. The van der Waals surface area contributed by atoms with Crippen LogP contribution >= 0.6 is 11.6 Å². The number of methoxy groups -OCH3 is 2. The highest BCUT2D eigenvalue weighted by molar-refractivity contribution is 7.89. The number of rotatable bonds is 7. The van der Waals surface area contributed by atoms with Crippen LogP contribution < -0.4 is 19.7 Å². The number of aromatic nitrogens is 2. The molecule has 1 N–H and O–H groups in total. The zero-order valence-electron chi connectivity index (χ0n) is 18.2. The van der Waals surface area contributed by atoms with Crippen LogP contribution in [0.4, 0.5) is 17.5 Å². The Hall–Kier alpha value is -3.08. The molecule has 11 heteroatoms. The highest BCUT2D eigenvalue weighted by atomic mass is 35.5. The zero-order valence-corrected chi connectivity index (χ0v) is 19.8. The fraction of sp³-hybridized carbons (Fsp3) is 0.273. The van der Waals surface area contributed by atoms with Gasteiger partial charge in [-0.3, -0.25) is 0 Å². The highest BCUT2D eigenvalue weighted by Gasteiger charge is 2.29. The number of benzene rings is 2. The van der Waals surface area contributed by atoms with Crippen LogP contribution in [-0.2, 0) is 10.0 Å². The topological polar surface area (TPSA) is 96.9 Å². The van der Waals surface area contributed by atoms with Crippen molar-refractivity contribution in [1.82, 2.24) is 14.3 Å². The SMILES string of the molecule is COc1ccc(Nc2nc(Cl)cc(N3CCN(S(=O)(=O)c4ccc(OC)cc4)CC3)n2)cc1. The minimum Gasteiger partial charge on any atom is -0.497 e. The molecular formula is C22H24ClN5O4S. The molecule has 1 aliphatic heterocycles. The first-order valence-corrected chi connectivity index (χ1v) is 12.1. The van der Waals surface area contributed by atoms with E-state index < -0.39 is 10.0 Å². The van der Waals surface area contributed by atoms with Crippen molar-refractivity contribution in [2.75, 3.05) is 50.6 Å². The number of anilines is 3. The fourth-order valence-corrected chi connectivity index (χ4v) is 5.08. The molecular weight excluding hydrogens is 466 g/mol. The van der Waals surface area contributed by atoms with Gasteiger partial charge in [-0.1, -0.05) is 11.6 Å². The van der Waals surface area contributed by atoms with E-state index >= 15 is 0 Å². The molecule has 174 valence electrons. The van der Waals surface area contributed by atoms with E-state index in [0.29, 0.717) is 48.8 Å². The third-order valence-corrected chi connectivity index (χ3v) is 7.39. The van der Waals surface area contributed by atoms with Gasteiger partial charge in [-0.15, -0.1) is 0 Å². The van der Waals surface area contributed by atoms with Gasteiger partial charge in [0.15, 0.2) is 0 Å². The van der Waals surface area contributed by atoms with Crippen molar-refractivity contribution in [3.05, 3.63) is 59.8 Å². The molecule has 0 atom stereocenters. The van der Waals surface area contributed by atoms with Crippen molar-refractivity contribution in [2.24, 2.45) is 0 Å². The lowest BCUT2D eigenvalue weighted by molar-refractivity contribution is 0.383. The van der Waals surface area contributed by atoms with Gasteiger partial charge in [-0.25, -0.2) is 13.4 Å². The number of sulfonamides is 1. The van der Waals surface area contributed by atoms with E-state index in [1.165, 1.54) is 4.31 Å². The van der Waals surface area contributed by atoms with E-state index in [1.807, 2.05) is 29.2 Å². The van der Waals surface area contributed by atoms with E-state index in [9.17, 15) is 8.42 Å². The van der Waals surface area contributed by atoms with E-state index in [1.54, 1.807) is 44.6 Å². The Kier molecular flexibility index (Phi) is 6.87. The minimum absolute atomic E-state index is 0.243. The van der Waals surface area contributed by atoms with Crippen molar-refractivity contribution in [1.29, 1.82) is 0 Å². The first-order valence-electron chi connectivity index (χ1n) is 10.2. The number of hydrogen-bond donors (Lipinski definition) is 1. The number of ether oxygens (including phenoxy) is 2. The third-order valence-electron chi connectivity index (χ3n) is 5.29. The molecule has 0 unspecified atom stereocenters. The summed E-state index contributed by atoms with van der Waals surface area (Å²) in [6.07, 6.45) is 0. The molecule has 1 aliphatic rings. The molecule has 1 aromatic heterocycles. The summed E-state index contributed by atoms with van der Waals surface area (Å²) in [6.45, 7) is 1.61. The Morgan fingerprint density at radius 1 is 0.879 bits per heavy atom. The maximum absolute atomic E-state index is 13.0. The Morgan fingerprint density at radius 3 is 2.03 bits per heavy atom. The summed E-state index contributed by atoms with van der Waals surface area (Å²) in [7, 11) is -0.436. The van der Waals surface area contributed by atoms with Gasteiger partial charge < -0.3 is 19.7 Å². The number of halogens is 1. The second-order valence-electron chi connectivity index (χ2n) is 7.29. The summed E-state index contributed by atoms with van der Waals surface area (Å²) in [5.41, 5.74) is 0.791.